The maximum atomic E-state index is 2.57. The molecule has 0 aliphatic heterocycles. The molecule has 0 fully saturated rings. The van der Waals surface area contributed by atoms with Crippen molar-refractivity contribution in [2.75, 3.05) is 0 Å². The van der Waals surface area contributed by atoms with Gasteiger partial charge in [-0.15, -0.1) is 0 Å². The average Bonchev–Trinajstić information content (AvgIpc) is 2.85. The maximum absolute atomic E-state index is 2.57. The van der Waals surface area contributed by atoms with Crippen molar-refractivity contribution in [3.63, 3.8) is 0 Å². The SMILES string of the molecule is CCc1ccccc1PC(C)P(C(C)Pc1ccccc1CC)C(C)Pc1ccccc1CC. The van der Waals surface area contributed by atoms with Crippen LogP contribution in [-0.4, -0.2) is 16.2 Å². The summed E-state index contributed by atoms with van der Waals surface area (Å²) in [5.41, 5.74) is 4.63. The van der Waals surface area contributed by atoms with Crippen molar-refractivity contribution in [1.82, 2.24) is 0 Å². The van der Waals surface area contributed by atoms with E-state index >= 15 is 0 Å². The fraction of sp³-hybridized carbons (Fsp3) is 0.400. The molecule has 3 rings (SSSR count). The molecule has 0 radical (unpaired) electrons. The largest absolute Gasteiger partial charge is 0.0846 e. The summed E-state index contributed by atoms with van der Waals surface area (Å²) in [6.45, 7) is 14.6. The van der Waals surface area contributed by atoms with Gasteiger partial charge in [0.25, 0.3) is 0 Å². The quantitative estimate of drug-likeness (QED) is 0.209. The standard InChI is InChI=1S/C30H42P4/c1-7-25-16-10-13-19-28(25)31-22(4)34(23(5)32-29-20-14-11-17-26(29)8-2)24(6)33-30-21-15-12-18-27(30)9-3/h10-24,31-33H,7-9H2,1-6H3. The molecule has 0 bridgehead atoms. The number of rotatable bonds is 12. The Morgan fingerprint density at radius 2 is 0.765 bits per heavy atom. The Bertz CT molecular complexity index is 900. The van der Waals surface area contributed by atoms with Crippen LogP contribution in [0.5, 0.6) is 0 Å². The molecule has 4 heteroatoms. The van der Waals surface area contributed by atoms with E-state index in [1.54, 1.807) is 32.6 Å². The van der Waals surface area contributed by atoms with E-state index in [-0.39, 0.29) is 7.92 Å². The fourth-order valence-corrected chi connectivity index (χ4v) is 18.5. The van der Waals surface area contributed by atoms with Crippen LogP contribution in [0.15, 0.2) is 72.8 Å². The van der Waals surface area contributed by atoms with Crippen LogP contribution in [0.25, 0.3) is 0 Å². The van der Waals surface area contributed by atoms with Crippen LogP contribution in [0, 0.1) is 0 Å². The molecular weight excluding hydrogens is 484 g/mol. The van der Waals surface area contributed by atoms with Crippen molar-refractivity contribution in [2.24, 2.45) is 0 Å². The average molecular weight is 527 g/mol. The first kappa shape index (κ1) is 28.0. The summed E-state index contributed by atoms with van der Waals surface area (Å²) in [4.78, 5) is 0. The van der Waals surface area contributed by atoms with Crippen LogP contribution in [0.2, 0.25) is 0 Å². The van der Waals surface area contributed by atoms with Gasteiger partial charge >= 0.3 is 0 Å². The van der Waals surface area contributed by atoms with Crippen LogP contribution < -0.4 is 15.9 Å². The van der Waals surface area contributed by atoms with Crippen molar-refractivity contribution in [1.29, 1.82) is 0 Å². The highest BCUT2D eigenvalue weighted by Crippen LogP contribution is 2.64. The summed E-state index contributed by atoms with van der Waals surface area (Å²) in [5, 5.41) is 7.03. The lowest BCUT2D eigenvalue weighted by Gasteiger charge is -2.36. The van der Waals surface area contributed by atoms with Gasteiger partial charge in [0.05, 0.1) is 0 Å². The smallest absolute Gasteiger partial charge is 0.00101 e. The van der Waals surface area contributed by atoms with Gasteiger partial charge in [-0.2, -0.15) is 0 Å². The minimum absolute atomic E-state index is 0.130. The van der Waals surface area contributed by atoms with E-state index in [0.29, 0.717) is 0 Å². The molecule has 0 aromatic heterocycles. The van der Waals surface area contributed by atoms with Crippen LogP contribution in [0.3, 0.4) is 0 Å². The minimum Gasteiger partial charge on any atom is -0.0846 e. The van der Waals surface area contributed by atoms with Gasteiger partial charge in [-0.3, -0.25) is 0 Å². The molecule has 3 aromatic carbocycles. The van der Waals surface area contributed by atoms with Gasteiger partial charge in [-0.05, 0) is 68.1 Å². The summed E-state index contributed by atoms with van der Waals surface area (Å²) in [6, 6.07) is 27.5. The molecule has 6 atom stereocenters. The second kappa shape index (κ2) is 14.2. The molecule has 0 heterocycles. The third kappa shape index (κ3) is 7.44. The van der Waals surface area contributed by atoms with E-state index in [1.165, 1.54) is 0 Å². The van der Waals surface area contributed by atoms with Gasteiger partial charge in [0.2, 0.25) is 0 Å². The Morgan fingerprint density at radius 1 is 0.500 bits per heavy atom. The van der Waals surface area contributed by atoms with Crippen molar-refractivity contribution in [2.45, 2.75) is 77.0 Å². The molecule has 0 spiro atoms. The van der Waals surface area contributed by atoms with E-state index in [4.69, 9.17) is 0 Å². The van der Waals surface area contributed by atoms with E-state index in [2.05, 4.69) is 114 Å². The monoisotopic (exact) mass is 526 g/mol. The van der Waals surface area contributed by atoms with E-state index in [1.807, 2.05) is 0 Å². The third-order valence-electron chi connectivity index (χ3n) is 6.63. The molecule has 0 nitrogen and oxygen atoms in total. The molecule has 34 heavy (non-hydrogen) atoms. The molecule has 0 N–H and O–H groups in total. The van der Waals surface area contributed by atoms with Crippen LogP contribution >= 0.6 is 33.7 Å². The van der Waals surface area contributed by atoms with Crippen LogP contribution in [0.1, 0.15) is 58.2 Å². The number of hydrogen-bond donors (Lipinski definition) is 0. The molecule has 182 valence electrons. The van der Waals surface area contributed by atoms with Gasteiger partial charge in [-0.25, -0.2) is 0 Å². The molecular formula is C30H42P4. The van der Waals surface area contributed by atoms with Gasteiger partial charge in [0.1, 0.15) is 0 Å². The summed E-state index contributed by atoms with van der Waals surface area (Å²) in [6.07, 6.45) is 3.41. The van der Waals surface area contributed by atoms with E-state index < -0.39 is 0 Å². The number of aryl methyl sites for hydroxylation is 3. The summed E-state index contributed by atoms with van der Waals surface area (Å²) in [5.74, 6) is 0. The third-order valence-corrected chi connectivity index (χ3v) is 16.8. The van der Waals surface area contributed by atoms with Crippen LogP contribution in [0.4, 0.5) is 0 Å². The second-order valence-corrected chi connectivity index (χ2v) is 18.7. The molecule has 0 aliphatic carbocycles. The Hall–Kier alpha value is -0.620. The highest BCUT2D eigenvalue weighted by Gasteiger charge is 2.30. The van der Waals surface area contributed by atoms with Crippen molar-refractivity contribution < 1.29 is 0 Å². The predicted octanol–water partition coefficient (Wildman–Crippen LogP) is 8.21. The summed E-state index contributed by atoms with van der Waals surface area (Å²) < 4.78 is 0. The summed E-state index contributed by atoms with van der Waals surface area (Å²) >= 11 is 0. The first-order valence-electron chi connectivity index (χ1n) is 12.8. The second-order valence-electron chi connectivity index (χ2n) is 8.94. The summed E-state index contributed by atoms with van der Waals surface area (Å²) in [7, 11) is 2.58. The first-order valence-corrected chi connectivity index (χ1v) is 17.6. The molecule has 0 amide bonds. The molecule has 3 aromatic rings. The number of benzene rings is 3. The highest BCUT2D eigenvalue weighted by molar-refractivity contribution is 7.84. The minimum atomic E-state index is -0.130. The van der Waals surface area contributed by atoms with Crippen LogP contribution in [-0.2, 0) is 19.3 Å². The van der Waals surface area contributed by atoms with E-state index in [9.17, 15) is 0 Å². The predicted molar refractivity (Wildman–Crippen MR) is 167 cm³/mol. The molecule has 0 aliphatic rings. The van der Waals surface area contributed by atoms with Crippen molar-refractivity contribution in [3.8, 4) is 0 Å². The maximum Gasteiger partial charge on any atom is -0.00101 e. The number of hydrogen-bond acceptors (Lipinski definition) is 0. The normalized spacial score (nSPS) is 16.1. The van der Waals surface area contributed by atoms with Gasteiger partial charge in [0, 0.05) is 0 Å². The van der Waals surface area contributed by atoms with Gasteiger partial charge in [0.15, 0.2) is 0 Å². The Morgan fingerprint density at radius 3 is 1.03 bits per heavy atom. The zero-order valence-corrected chi connectivity index (χ0v) is 25.6. The van der Waals surface area contributed by atoms with Gasteiger partial charge < -0.3 is 0 Å². The molecule has 0 saturated carbocycles. The fourth-order valence-electron chi connectivity index (χ4n) is 4.81. The highest BCUT2D eigenvalue weighted by atomic mass is 31.2. The lowest BCUT2D eigenvalue weighted by molar-refractivity contribution is 1.15. The molecule has 0 saturated heterocycles. The van der Waals surface area contributed by atoms with Crippen molar-refractivity contribution >= 4 is 49.6 Å². The first-order chi connectivity index (χ1) is 16.5. The van der Waals surface area contributed by atoms with E-state index in [0.717, 1.165) is 61.2 Å². The molecule has 6 unspecified atom stereocenters. The Balaban J connectivity index is 1.89. The lowest BCUT2D eigenvalue weighted by Crippen LogP contribution is -2.18. The lowest BCUT2D eigenvalue weighted by atomic mass is 10.2. The Kier molecular flexibility index (Phi) is 11.7. The van der Waals surface area contributed by atoms with Crippen molar-refractivity contribution in [3.05, 3.63) is 89.5 Å². The topological polar surface area (TPSA) is 0 Å². The zero-order chi connectivity index (χ0) is 24.5. The Labute approximate surface area is 215 Å². The zero-order valence-electron chi connectivity index (χ0n) is 21.7. The van der Waals surface area contributed by atoms with Gasteiger partial charge in [-0.1, -0.05) is 148 Å².